The first kappa shape index (κ1) is 17.9. The van der Waals surface area contributed by atoms with Crippen LogP contribution in [0.1, 0.15) is 77.8 Å². The van der Waals surface area contributed by atoms with Gasteiger partial charge in [-0.05, 0) is 53.6 Å². The quantitative estimate of drug-likeness (QED) is 0.552. The van der Waals surface area contributed by atoms with Crippen molar-refractivity contribution in [3.8, 4) is 0 Å². The molecule has 3 nitrogen and oxygen atoms in total. The van der Waals surface area contributed by atoms with Gasteiger partial charge in [-0.3, -0.25) is 0 Å². The maximum absolute atomic E-state index is 12.1. The van der Waals surface area contributed by atoms with Gasteiger partial charge < -0.3 is 4.74 Å². The molecule has 2 aromatic rings. The van der Waals surface area contributed by atoms with Gasteiger partial charge >= 0.3 is 11.9 Å². The van der Waals surface area contributed by atoms with Crippen molar-refractivity contribution in [3.05, 3.63) is 70.8 Å². The van der Waals surface area contributed by atoms with Crippen LogP contribution in [0.4, 0.5) is 0 Å². The van der Waals surface area contributed by atoms with Crippen molar-refractivity contribution in [2.45, 2.75) is 46.0 Å². The van der Waals surface area contributed by atoms with Crippen molar-refractivity contribution in [3.63, 3.8) is 0 Å². The van der Waals surface area contributed by atoms with Gasteiger partial charge in [-0.1, -0.05) is 52.0 Å². The van der Waals surface area contributed by atoms with E-state index in [1.54, 1.807) is 24.3 Å². The van der Waals surface area contributed by atoms with E-state index in [1.807, 2.05) is 24.3 Å². The lowest BCUT2D eigenvalue weighted by atomic mass is 9.98. The van der Waals surface area contributed by atoms with E-state index < -0.39 is 11.9 Å². The van der Waals surface area contributed by atoms with Gasteiger partial charge in [0.25, 0.3) is 0 Å². The fraction of sp³-hybridized carbons (Fsp3) is 0.333. The van der Waals surface area contributed by atoms with Gasteiger partial charge in [0.1, 0.15) is 0 Å². The fourth-order valence-electron chi connectivity index (χ4n) is 2.39. The molecule has 126 valence electrons. The minimum Gasteiger partial charge on any atom is -0.386 e. The highest BCUT2D eigenvalue weighted by Crippen LogP contribution is 2.19. The molecule has 0 saturated carbocycles. The van der Waals surface area contributed by atoms with Crippen LogP contribution in [0.5, 0.6) is 0 Å². The molecule has 24 heavy (non-hydrogen) atoms. The Balaban J connectivity index is 2.04. The van der Waals surface area contributed by atoms with E-state index in [1.165, 1.54) is 5.56 Å². The molecule has 0 saturated heterocycles. The van der Waals surface area contributed by atoms with Crippen molar-refractivity contribution in [2.75, 3.05) is 0 Å². The molecular formula is C21H24O3. The maximum atomic E-state index is 12.1. The third kappa shape index (κ3) is 4.31. The molecule has 0 aliphatic rings. The minimum atomic E-state index is -0.624. The number of hydrogen-bond acceptors (Lipinski definition) is 3. The standard InChI is InChI=1S/C21H24O3/c1-5-15(4)17-8-12-19(13-9-17)21(23)24-20(22)18-10-6-16(7-11-18)14(2)3/h6-15H,5H2,1-4H3. The summed E-state index contributed by atoms with van der Waals surface area (Å²) in [6.07, 6.45) is 1.04. The molecule has 0 amide bonds. The topological polar surface area (TPSA) is 43.4 Å². The molecule has 0 aliphatic carbocycles. The summed E-state index contributed by atoms with van der Waals surface area (Å²) in [6, 6.07) is 14.4. The van der Waals surface area contributed by atoms with Crippen molar-refractivity contribution < 1.29 is 14.3 Å². The normalized spacial score (nSPS) is 12.0. The Morgan fingerprint density at radius 1 is 0.792 bits per heavy atom. The van der Waals surface area contributed by atoms with Crippen molar-refractivity contribution in [2.24, 2.45) is 0 Å². The molecule has 0 aromatic heterocycles. The predicted molar refractivity (Wildman–Crippen MR) is 95.4 cm³/mol. The Bertz CT molecular complexity index is 697. The first-order valence-electron chi connectivity index (χ1n) is 8.38. The van der Waals surface area contributed by atoms with E-state index in [9.17, 15) is 9.59 Å². The first-order valence-corrected chi connectivity index (χ1v) is 8.38. The Labute approximate surface area is 143 Å². The Morgan fingerprint density at radius 2 is 1.21 bits per heavy atom. The van der Waals surface area contributed by atoms with Crippen LogP contribution in [-0.2, 0) is 4.74 Å². The van der Waals surface area contributed by atoms with E-state index in [2.05, 4.69) is 27.7 Å². The van der Waals surface area contributed by atoms with Gasteiger partial charge in [0.15, 0.2) is 0 Å². The van der Waals surface area contributed by atoms with Crippen LogP contribution in [0, 0.1) is 0 Å². The average Bonchev–Trinajstić information content (AvgIpc) is 2.61. The molecule has 0 aliphatic heterocycles. The van der Waals surface area contributed by atoms with Crippen LogP contribution >= 0.6 is 0 Å². The highest BCUT2D eigenvalue weighted by Gasteiger charge is 2.15. The Morgan fingerprint density at radius 3 is 1.58 bits per heavy atom. The molecule has 0 spiro atoms. The second-order valence-electron chi connectivity index (χ2n) is 6.38. The number of benzene rings is 2. The minimum absolute atomic E-state index is 0.379. The highest BCUT2D eigenvalue weighted by atomic mass is 16.6. The van der Waals surface area contributed by atoms with E-state index in [0.717, 1.165) is 12.0 Å². The fourth-order valence-corrected chi connectivity index (χ4v) is 2.39. The molecule has 0 N–H and O–H groups in total. The molecule has 1 unspecified atom stereocenters. The molecular weight excluding hydrogens is 300 g/mol. The lowest BCUT2D eigenvalue weighted by Crippen LogP contribution is -2.13. The number of hydrogen-bond donors (Lipinski definition) is 0. The van der Waals surface area contributed by atoms with Gasteiger partial charge in [0, 0.05) is 0 Å². The van der Waals surface area contributed by atoms with E-state index >= 15 is 0 Å². The molecule has 0 bridgehead atoms. The number of carbonyl (C=O) groups excluding carboxylic acids is 2. The molecule has 2 rings (SSSR count). The maximum Gasteiger partial charge on any atom is 0.346 e. The van der Waals surface area contributed by atoms with Crippen molar-refractivity contribution in [1.29, 1.82) is 0 Å². The summed E-state index contributed by atoms with van der Waals surface area (Å²) in [5.74, 6) is -0.415. The SMILES string of the molecule is CCC(C)c1ccc(C(=O)OC(=O)c2ccc(C(C)C)cc2)cc1. The smallest absolute Gasteiger partial charge is 0.346 e. The summed E-state index contributed by atoms with van der Waals surface area (Å²) in [5.41, 5.74) is 3.07. The summed E-state index contributed by atoms with van der Waals surface area (Å²) in [6.45, 7) is 8.42. The molecule has 1 atom stereocenters. The number of esters is 2. The van der Waals surface area contributed by atoms with Crippen LogP contribution in [0.15, 0.2) is 48.5 Å². The zero-order valence-corrected chi connectivity index (χ0v) is 14.7. The van der Waals surface area contributed by atoms with E-state index in [0.29, 0.717) is 23.0 Å². The largest absolute Gasteiger partial charge is 0.386 e. The van der Waals surface area contributed by atoms with Crippen LogP contribution in [-0.4, -0.2) is 11.9 Å². The highest BCUT2D eigenvalue weighted by molar-refractivity contribution is 6.02. The first-order chi connectivity index (χ1) is 11.4. The summed E-state index contributed by atoms with van der Waals surface area (Å²) in [5, 5.41) is 0. The van der Waals surface area contributed by atoms with Gasteiger partial charge in [0.2, 0.25) is 0 Å². The van der Waals surface area contributed by atoms with Crippen molar-refractivity contribution >= 4 is 11.9 Å². The van der Waals surface area contributed by atoms with Gasteiger partial charge in [-0.25, -0.2) is 9.59 Å². The van der Waals surface area contributed by atoms with Gasteiger partial charge in [-0.2, -0.15) is 0 Å². The second-order valence-corrected chi connectivity index (χ2v) is 6.38. The predicted octanol–water partition coefficient (Wildman–Crippen LogP) is 5.32. The Kier molecular flexibility index (Phi) is 5.91. The molecule has 2 aromatic carbocycles. The number of ether oxygens (including phenoxy) is 1. The molecule has 0 heterocycles. The molecule has 3 heteroatoms. The monoisotopic (exact) mass is 324 g/mol. The third-order valence-corrected chi connectivity index (χ3v) is 4.33. The lowest BCUT2D eigenvalue weighted by Gasteiger charge is -2.09. The summed E-state index contributed by atoms with van der Waals surface area (Å²) >= 11 is 0. The zero-order valence-electron chi connectivity index (χ0n) is 14.7. The van der Waals surface area contributed by atoms with Crippen LogP contribution in [0.3, 0.4) is 0 Å². The van der Waals surface area contributed by atoms with Crippen LogP contribution in [0.2, 0.25) is 0 Å². The summed E-state index contributed by atoms with van der Waals surface area (Å²) < 4.78 is 4.97. The molecule has 0 fully saturated rings. The second kappa shape index (κ2) is 7.91. The van der Waals surface area contributed by atoms with E-state index in [4.69, 9.17) is 4.74 Å². The Hall–Kier alpha value is -2.42. The van der Waals surface area contributed by atoms with E-state index in [-0.39, 0.29) is 0 Å². The third-order valence-electron chi connectivity index (χ3n) is 4.33. The zero-order chi connectivity index (χ0) is 17.7. The molecule has 0 radical (unpaired) electrons. The van der Waals surface area contributed by atoms with Crippen LogP contribution < -0.4 is 0 Å². The number of carbonyl (C=O) groups is 2. The number of rotatable bonds is 5. The summed E-state index contributed by atoms with van der Waals surface area (Å²) in [7, 11) is 0. The lowest BCUT2D eigenvalue weighted by molar-refractivity contribution is 0.0398. The average molecular weight is 324 g/mol. The summed E-state index contributed by atoms with van der Waals surface area (Å²) in [4.78, 5) is 24.2. The van der Waals surface area contributed by atoms with Gasteiger partial charge in [0.05, 0.1) is 11.1 Å². The van der Waals surface area contributed by atoms with Crippen LogP contribution in [0.25, 0.3) is 0 Å². The van der Waals surface area contributed by atoms with Gasteiger partial charge in [-0.15, -0.1) is 0 Å². The van der Waals surface area contributed by atoms with Crippen molar-refractivity contribution in [1.82, 2.24) is 0 Å².